The fourth-order valence-electron chi connectivity index (χ4n) is 0.783. The van der Waals surface area contributed by atoms with Gasteiger partial charge in [-0.05, 0) is 0 Å². The molecule has 0 saturated carbocycles. The maximum absolute atomic E-state index is 5.47. The molecule has 2 aromatic rings. The van der Waals surface area contributed by atoms with Crippen LogP contribution >= 0.6 is 0 Å². The number of fused-ring (bicyclic) bond motifs is 1. The van der Waals surface area contributed by atoms with Gasteiger partial charge >= 0.3 is 37.7 Å². The second kappa shape index (κ2) is 3.34. The standard InChI is InChI=1S/C5H5N5.Ca.2H/c6-4-3-5(9-1-7-3)10-2-8-4;;;/h1-2H,(H3,6,7,8,9,10);;;. The van der Waals surface area contributed by atoms with Crippen molar-refractivity contribution < 1.29 is 0 Å². The summed E-state index contributed by atoms with van der Waals surface area (Å²) in [7, 11) is 0. The van der Waals surface area contributed by atoms with Gasteiger partial charge in [-0.3, -0.25) is 0 Å². The summed E-state index contributed by atoms with van der Waals surface area (Å²) >= 11 is 0. The van der Waals surface area contributed by atoms with Crippen LogP contribution in [0.1, 0.15) is 0 Å². The molecule has 3 N–H and O–H groups in total. The van der Waals surface area contributed by atoms with Crippen LogP contribution in [0.25, 0.3) is 11.2 Å². The molecule has 0 saturated heterocycles. The van der Waals surface area contributed by atoms with E-state index in [1.165, 1.54) is 12.7 Å². The van der Waals surface area contributed by atoms with Crippen molar-refractivity contribution in [3.63, 3.8) is 0 Å². The number of nitrogens with two attached hydrogens (primary N) is 1. The van der Waals surface area contributed by atoms with Gasteiger partial charge in [0, 0.05) is 0 Å². The number of aromatic nitrogens is 4. The molecule has 0 spiro atoms. The molecule has 0 amide bonds. The van der Waals surface area contributed by atoms with E-state index in [1.807, 2.05) is 0 Å². The van der Waals surface area contributed by atoms with Gasteiger partial charge in [-0.2, -0.15) is 0 Å². The number of hydrogen-bond acceptors (Lipinski definition) is 4. The molecule has 54 valence electrons. The molecule has 0 aromatic carbocycles. The van der Waals surface area contributed by atoms with Gasteiger partial charge in [0.15, 0.2) is 11.5 Å². The van der Waals surface area contributed by atoms with Gasteiger partial charge in [0.2, 0.25) is 0 Å². The Labute approximate surface area is 92.4 Å². The fourth-order valence-corrected chi connectivity index (χ4v) is 0.783. The van der Waals surface area contributed by atoms with E-state index < -0.39 is 0 Å². The molecule has 6 heteroatoms. The molecule has 2 heterocycles. The number of imidazole rings is 1. The van der Waals surface area contributed by atoms with Crippen LogP contribution in [0.4, 0.5) is 5.82 Å². The van der Waals surface area contributed by atoms with E-state index in [0.717, 1.165) is 0 Å². The van der Waals surface area contributed by atoms with Crippen LogP contribution in [0.15, 0.2) is 12.7 Å². The minimum atomic E-state index is 0. The maximum atomic E-state index is 5.47. The predicted molar refractivity (Wildman–Crippen MR) is 44.6 cm³/mol. The molecule has 2 rings (SSSR count). The van der Waals surface area contributed by atoms with Gasteiger partial charge in [0.05, 0.1) is 6.33 Å². The van der Waals surface area contributed by atoms with Crippen molar-refractivity contribution in [1.29, 1.82) is 0 Å². The number of H-pyrrole nitrogens is 1. The number of rotatable bonds is 0. The Morgan fingerprint density at radius 2 is 2.09 bits per heavy atom. The number of anilines is 1. The van der Waals surface area contributed by atoms with Gasteiger partial charge in [-0.15, -0.1) is 0 Å². The SMILES string of the molecule is Nc1ncnc2[nH]cnc12.[CaH2]. The molecule has 0 atom stereocenters. The quantitative estimate of drug-likeness (QED) is 0.507. The molecule has 0 bridgehead atoms. The third-order valence-corrected chi connectivity index (χ3v) is 1.25. The number of nitrogens with one attached hydrogen (secondary N) is 1. The average molecular weight is 177 g/mol. The Morgan fingerprint density at radius 1 is 1.27 bits per heavy atom. The van der Waals surface area contributed by atoms with E-state index in [9.17, 15) is 0 Å². The summed E-state index contributed by atoms with van der Waals surface area (Å²) in [5, 5.41) is 0. The van der Waals surface area contributed by atoms with E-state index >= 15 is 0 Å². The first-order chi connectivity index (χ1) is 4.88. The van der Waals surface area contributed by atoms with Crippen LogP contribution < -0.4 is 5.73 Å². The summed E-state index contributed by atoms with van der Waals surface area (Å²) in [6.45, 7) is 0. The van der Waals surface area contributed by atoms with Crippen molar-refractivity contribution in [3.05, 3.63) is 12.7 Å². The summed E-state index contributed by atoms with van der Waals surface area (Å²) < 4.78 is 0. The van der Waals surface area contributed by atoms with Crippen molar-refractivity contribution >= 4 is 54.7 Å². The molecule has 2 aromatic heterocycles. The van der Waals surface area contributed by atoms with Crippen LogP contribution in [0.3, 0.4) is 0 Å². The average Bonchev–Trinajstić information content (AvgIpc) is 2.36. The molecule has 0 aliphatic carbocycles. The van der Waals surface area contributed by atoms with Crippen molar-refractivity contribution in [3.8, 4) is 0 Å². The number of nitrogen functional groups attached to an aromatic ring is 1. The summed E-state index contributed by atoms with van der Waals surface area (Å²) in [6, 6.07) is 0. The summed E-state index contributed by atoms with van der Waals surface area (Å²) in [5.41, 5.74) is 6.77. The van der Waals surface area contributed by atoms with E-state index in [-0.39, 0.29) is 37.7 Å². The number of hydrogen-bond donors (Lipinski definition) is 2. The van der Waals surface area contributed by atoms with E-state index in [4.69, 9.17) is 5.73 Å². The molecule has 5 nitrogen and oxygen atoms in total. The van der Waals surface area contributed by atoms with Crippen LogP contribution in [-0.2, 0) is 0 Å². The fraction of sp³-hybridized carbons (Fsp3) is 0. The zero-order valence-electron chi connectivity index (χ0n) is 5.07. The zero-order chi connectivity index (χ0) is 6.97. The third kappa shape index (κ3) is 1.45. The normalized spacial score (nSPS) is 9.45. The molecular formula is C5H7CaN5. The second-order valence-electron chi connectivity index (χ2n) is 1.86. The van der Waals surface area contributed by atoms with Crippen LogP contribution in [0.2, 0.25) is 0 Å². The van der Waals surface area contributed by atoms with Gasteiger partial charge in [0.1, 0.15) is 11.8 Å². The molecule has 0 unspecified atom stereocenters. The van der Waals surface area contributed by atoms with Crippen LogP contribution in [0.5, 0.6) is 0 Å². The minimum absolute atomic E-state index is 0. The predicted octanol–water partition coefficient (Wildman–Crippen LogP) is -0.981. The monoisotopic (exact) mass is 177 g/mol. The van der Waals surface area contributed by atoms with Gasteiger partial charge in [-0.1, -0.05) is 0 Å². The number of aromatic amines is 1. The molecular weight excluding hydrogens is 170 g/mol. The molecule has 0 aliphatic heterocycles. The van der Waals surface area contributed by atoms with Crippen molar-refractivity contribution in [2.75, 3.05) is 5.73 Å². The van der Waals surface area contributed by atoms with Crippen molar-refractivity contribution in [2.45, 2.75) is 0 Å². The van der Waals surface area contributed by atoms with Crippen molar-refractivity contribution in [1.82, 2.24) is 19.9 Å². The summed E-state index contributed by atoms with van der Waals surface area (Å²) in [4.78, 5) is 14.4. The van der Waals surface area contributed by atoms with E-state index in [2.05, 4.69) is 19.9 Å². The first-order valence-corrected chi connectivity index (χ1v) is 2.77. The van der Waals surface area contributed by atoms with Crippen molar-refractivity contribution in [2.24, 2.45) is 0 Å². The first-order valence-electron chi connectivity index (χ1n) is 2.77. The van der Waals surface area contributed by atoms with Gasteiger partial charge < -0.3 is 10.7 Å². The second-order valence-corrected chi connectivity index (χ2v) is 1.86. The van der Waals surface area contributed by atoms with Crippen LogP contribution in [-0.4, -0.2) is 57.7 Å². The Bertz CT molecular complexity index is 356. The molecule has 11 heavy (non-hydrogen) atoms. The third-order valence-electron chi connectivity index (χ3n) is 1.25. The zero-order valence-corrected chi connectivity index (χ0v) is 5.07. The molecule has 0 radical (unpaired) electrons. The topological polar surface area (TPSA) is 80.5 Å². The Hall–Kier alpha value is -0.390. The van der Waals surface area contributed by atoms with E-state index in [1.54, 1.807) is 0 Å². The van der Waals surface area contributed by atoms with Gasteiger partial charge in [0.25, 0.3) is 0 Å². The number of nitrogens with zero attached hydrogens (tertiary/aromatic N) is 3. The Morgan fingerprint density at radius 3 is 2.82 bits per heavy atom. The first kappa shape index (κ1) is 8.70. The Kier molecular flexibility index (Phi) is 2.64. The van der Waals surface area contributed by atoms with Crippen LogP contribution in [0, 0.1) is 0 Å². The Balaban J connectivity index is 0.000000605. The molecule has 0 fully saturated rings. The summed E-state index contributed by atoms with van der Waals surface area (Å²) in [5.74, 6) is 0.409. The van der Waals surface area contributed by atoms with E-state index in [0.29, 0.717) is 17.0 Å². The van der Waals surface area contributed by atoms with Gasteiger partial charge in [-0.25, -0.2) is 15.0 Å². The molecule has 0 aliphatic rings. The summed E-state index contributed by atoms with van der Waals surface area (Å²) in [6.07, 6.45) is 2.94.